The number of benzene rings is 2. The average molecular weight is 490 g/mol. The van der Waals surface area contributed by atoms with Crippen molar-refractivity contribution >= 4 is 33.2 Å². The molecule has 0 radical (unpaired) electrons. The van der Waals surface area contributed by atoms with Crippen molar-refractivity contribution in [3.63, 3.8) is 0 Å². The minimum atomic E-state index is -3.76. The zero-order valence-electron chi connectivity index (χ0n) is 17.8. The van der Waals surface area contributed by atoms with Crippen molar-refractivity contribution < 1.29 is 27.5 Å². The first-order chi connectivity index (χ1) is 15.8. The predicted octanol–water partition coefficient (Wildman–Crippen LogP) is 2.17. The second kappa shape index (κ2) is 11.5. The molecule has 1 heterocycles. The first-order valence-electron chi connectivity index (χ1n) is 9.82. The fourth-order valence-corrected chi connectivity index (χ4v) is 4.92. The second-order valence-corrected chi connectivity index (χ2v) is 10.0. The molecule has 0 aliphatic rings. The van der Waals surface area contributed by atoms with Crippen LogP contribution in [-0.2, 0) is 26.2 Å². The molecule has 1 aromatic heterocycles. The van der Waals surface area contributed by atoms with Gasteiger partial charge in [0.2, 0.25) is 0 Å². The molecule has 9 nitrogen and oxygen atoms in total. The van der Waals surface area contributed by atoms with Crippen molar-refractivity contribution in [2.75, 3.05) is 20.2 Å². The summed E-state index contributed by atoms with van der Waals surface area (Å²) in [6, 6.07) is 19.6. The molecule has 33 heavy (non-hydrogen) atoms. The van der Waals surface area contributed by atoms with Gasteiger partial charge in [0.15, 0.2) is 6.61 Å². The van der Waals surface area contributed by atoms with Crippen molar-refractivity contribution in [1.82, 2.24) is 15.2 Å². The van der Waals surface area contributed by atoms with Gasteiger partial charge in [-0.1, -0.05) is 36.4 Å². The molecule has 3 aromatic rings. The molecule has 0 aliphatic carbocycles. The van der Waals surface area contributed by atoms with E-state index in [1.54, 1.807) is 35.7 Å². The number of amides is 2. The maximum atomic E-state index is 12.3. The third kappa shape index (κ3) is 7.31. The van der Waals surface area contributed by atoms with Gasteiger partial charge in [-0.25, -0.2) is 8.42 Å². The van der Waals surface area contributed by atoms with E-state index in [0.29, 0.717) is 18.1 Å². The number of hydrogen-bond acceptors (Lipinski definition) is 7. The molecule has 174 valence electrons. The topological polar surface area (TPSA) is 114 Å². The van der Waals surface area contributed by atoms with Crippen LogP contribution in [0.1, 0.15) is 5.56 Å². The molecule has 2 aromatic carbocycles. The van der Waals surface area contributed by atoms with Gasteiger partial charge in [0.1, 0.15) is 22.3 Å². The Hall–Kier alpha value is -3.41. The summed E-state index contributed by atoms with van der Waals surface area (Å²) in [5, 5.41) is 1.63. The van der Waals surface area contributed by atoms with E-state index in [1.165, 1.54) is 13.1 Å². The summed E-state index contributed by atoms with van der Waals surface area (Å²) in [6.45, 7) is -0.355. The lowest BCUT2D eigenvalue weighted by atomic mass is 10.2. The van der Waals surface area contributed by atoms with Crippen molar-refractivity contribution in [2.45, 2.75) is 10.8 Å². The lowest BCUT2D eigenvalue weighted by Gasteiger charge is -2.16. The third-order valence-electron chi connectivity index (χ3n) is 4.31. The van der Waals surface area contributed by atoms with Crippen LogP contribution >= 0.6 is 11.3 Å². The number of hydrazine groups is 1. The SMILES string of the molecule is CN(CC(=O)NNC(=O)COc1ccc(OCc2ccccc2)cc1)S(=O)(=O)c1cccs1. The number of carbonyl (C=O) groups is 2. The van der Waals surface area contributed by atoms with Crippen LogP contribution in [-0.4, -0.2) is 44.7 Å². The maximum Gasteiger partial charge on any atom is 0.276 e. The number of likely N-dealkylation sites (N-methyl/N-ethyl adjacent to an activating group) is 1. The lowest BCUT2D eigenvalue weighted by Crippen LogP contribution is -2.48. The van der Waals surface area contributed by atoms with Gasteiger partial charge < -0.3 is 9.47 Å². The normalized spacial score (nSPS) is 11.1. The highest BCUT2D eigenvalue weighted by molar-refractivity contribution is 7.91. The Kier molecular flexibility index (Phi) is 8.41. The van der Waals surface area contributed by atoms with Crippen molar-refractivity contribution in [3.8, 4) is 11.5 Å². The van der Waals surface area contributed by atoms with E-state index in [0.717, 1.165) is 21.2 Å². The van der Waals surface area contributed by atoms with Gasteiger partial charge in [0.25, 0.3) is 21.8 Å². The van der Waals surface area contributed by atoms with E-state index in [-0.39, 0.29) is 10.8 Å². The number of hydrogen-bond donors (Lipinski definition) is 2. The van der Waals surface area contributed by atoms with Crippen molar-refractivity contribution in [3.05, 3.63) is 77.7 Å². The molecule has 0 saturated heterocycles. The Bertz CT molecular complexity index is 1150. The first kappa shape index (κ1) is 24.2. The minimum absolute atomic E-state index is 0.131. The Morgan fingerprint density at radius 2 is 1.52 bits per heavy atom. The Morgan fingerprint density at radius 1 is 0.879 bits per heavy atom. The molecule has 11 heteroatoms. The molecule has 0 unspecified atom stereocenters. The van der Waals surface area contributed by atoms with Gasteiger partial charge >= 0.3 is 0 Å². The third-order valence-corrected chi connectivity index (χ3v) is 7.49. The van der Waals surface area contributed by atoms with Crippen LogP contribution in [0.5, 0.6) is 11.5 Å². The fraction of sp³-hybridized carbons (Fsp3) is 0.182. The van der Waals surface area contributed by atoms with E-state index in [9.17, 15) is 18.0 Å². The standard InChI is InChI=1S/C22H23N3O6S2/c1-25(33(28,29)22-8-5-13-32-22)14-20(26)23-24-21(27)16-31-19-11-9-18(10-12-19)30-15-17-6-3-2-4-7-17/h2-13H,14-16H2,1H3,(H,23,26)(H,24,27). The summed E-state index contributed by atoms with van der Waals surface area (Å²) in [5.41, 5.74) is 5.40. The summed E-state index contributed by atoms with van der Waals surface area (Å²) in [4.78, 5) is 23.9. The summed E-state index contributed by atoms with van der Waals surface area (Å²) in [5.74, 6) is -0.183. The van der Waals surface area contributed by atoms with E-state index in [4.69, 9.17) is 9.47 Å². The van der Waals surface area contributed by atoms with Crippen LogP contribution in [0.25, 0.3) is 0 Å². The molecule has 0 atom stereocenters. The first-order valence-corrected chi connectivity index (χ1v) is 12.1. The molecule has 0 spiro atoms. The predicted molar refractivity (Wildman–Crippen MR) is 123 cm³/mol. The molecule has 0 fully saturated rings. The second-order valence-electron chi connectivity index (χ2n) is 6.82. The molecule has 0 bridgehead atoms. The maximum absolute atomic E-state index is 12.3. The highest BCUT2D eigenvalue weighted by Crippen LogP contribution is 2.20. The van der Waals surface area contributed by atoms with Crippen LogP contribution < -0.4 is 20.3 Å². The van der Waals surface area contributed by atoms with Crippen LogP contribution in [0, 0.1) is 0 Å². The monoisotopic (exact) mass is 489 g/mol. The quantitative estimate of drug-likeness (QED) is 0.422. The van der Waals surface area contributed by atoms with Crippen molar-refractivity contribution in [1.29, 1.82) is 0 Å². The van der Waals surface area contributed by atoms with Gasteiger partial charge in [-0.15, -0.1) is 11.3 Å². The number of ether oxygens (including phenoxy) is 2. The zero-order valence-corrected chi connectivity index (χ0v) is 19.4. The lowest BCUT2D eigenvalue weighted by molar-refractivity contribution is -0.130. The number of sulfonamides is 1. The number of rotatable bonds is 10. The van der Waals surface area contributed by atoms with Crippen LogP contribution in [0.4, 0.5) is 0 Å². The summed E-state index contributed by atoms with van der Waals surface area (Å²) in [6.07, 6.45) is 0. The summed E-state index contributed by atoms with van der Waals surface area (Å²) in [7, 11) is -2.47. The highest BCUT2D eigenvalue weighted by Gasteiger charge is 2.23. The Morgan fingerprint density at radius 3 is 2.15 bits per heavy atom. The van der Waals surface area contributed by atoms with Gasteiger partial charge in [-0.05, 0) is 41.3 Å². The molecule has 2 N–H and O–H groups in total. The summed E-state index contributed by atoms with van der Waals surface area (Å²) >= 11 is 1.05. The summed E-state index contributed by atoms with van der Waals surface area (Å²) < 4.78 is 36.7. The van der Waals surface area contributed by atoms with E-state index in [1.807, 2.05) is 30.3 Å². The number of thiophene rings is 1. The zero-order chi connectivity index (χ0) is 23.7. The molecule has 0 saturated carbocycles. The van der Waals surface area contributed by atoms with E-state index >= 15 is 0 Å². The van der Waals surface area contributed by atoms with Crippen LogP contribution in [0.15, 0.2) is 76.3 Å². The minimum Gasteiger partial charge on any atom is -0.489 e. The fourth-order valence-electron chi connectivity index (χ4n) is 2.59. The largest absolute Gasteiger partial charge is 0.489 e. The van der Waals surface area contributed by atoms with Gasteiger partial charge in [0, 0.05) is 7.05 Å². The molecule has 0 aliphatic heterocycles. The van der Waals surface area contributed by atoms with E-state index < -0.39 is 28.4 Å². The average Bonchev–Trinajstić information content (AvgIpc) is 3.37. The number of nitrogens with zero attached hydrogens (tertiary/aromatic N) is 1. The van der Waals surface area contributed by atoms with Gasteiger partial charge in [-0.3, -0.25) is 20.4 Å². The molecular weight excluding hydrogens is 466 g/mol. The molecular formula is C22H23N3O6S2. The number of carbonyl (C=O) groups excluding carboxylic acids is 2. The molecule has 3 rings (SSSR count). The smallest absolute Gasteiger partial charge is 0.276 e. The van der Waals surface area contributed by atoms with Gasteiger partial charge in [0.05, 0.1) is 6.54 Å². The van der Waals surface area contributed by atoms with Crippen LogP contribution in [0.3, 0.4) is 0 Å². The Labute approximate surface area is 196 Å². The van der Waals surface area contributed by atoms with Crippen LogP contribution in [0.2, 0.25) is 0 Å². The molecule has 2 amide bonds. The highest BCUT2D eigenvalue weighted by atomic mass is 32.2. The number of nitrogens with one attached hydrogen (secondary N) is 2. The Balaban J connectivity index is 1.37. The van der Waals surface area contributed by atoms with Crippen molar-refractivity contribution in [2.24, 2.45) is 0 Å². The van der Waals surface area contributed by atoms with E-state index in [2.05, 4.69) is 10.9 Å². The van der Waals surface area contributed by atoms with Gasteiger partial charge in [-0.2, -0.15) is 4.31 Å².